The van der Waals surface area contributed by atoms with Gasteiger partial charge in [-0.15, -0.1) is 0 Å². The van der Waals surface area contributed by atoms with Crippen molar-refractivity contribution >= 4 is 21.4 Å². The van der Waals surface area contributed by atoms with Gasteiger partial charge in [-0.2, -0.15) is 0 Å². The van der Waals surface area contributed by atoms with Gasteiger partial charge < -0.3 is 5.32 Å². The zero-order valence-electron chi connectivity index (χ0n) is 10.1. The van der Waals surface area contributed by atoms with E-state index in [0.29, 0.717) is 12.1 Å². The molecule has 1 aromatic rings. The molecule has 1 aromatic carbocycles. The molecule has 0 unspecified atom stereocenters. The van der Waals surface area contributed by atoms with Crippen LogP contribution >= 0.6 is 0 Å². The predicted octanol–water partition coefficient (Wildman–Crippen LogP) is 0.864. The molecule has 0 fully saturated rings. The number of nitrogens with one attached hydrogen (secondary N) is 2. The number of hydrogen-bond donors (Lipinski definition) is 2. The van der Waals surface area contributed by atoms with Crippen LogP contribution in [0.3, 0.4) is 0 Å². The lowest BCUT2D eigenvalue weighted by Gasteiger charge is -2.08. The van der Waals surface area contributed by atoms with Crippen molar-refractivity contribution in [2.75, 3.05) is 24.1 Å². The molecule has 18 heavy (non-hydrogen) atoms. The molecular weight excluding hydrogens is 258 g/mol. The van der Waals surface area contributed by atoms with Crippen LogP contribution in [0.25, 0.3) is 0 Å². The van der Waals surface area contributed by atoms with Crippen molar-refractivity contribution in [2.45, 2.75) is 6.92 Å². The molecule has 0 aliphatic carbocycles. The van der Waals surface area contributed by atoms with E-state index in [2.05, 4.69) is 10.0 Å². The van der Waals surface area contributed by atoms with E-state index in [4.69, 9.17) is 0 Å². The van der Waals surface area contributed by atoms with E-state index in [9.17, 15) is 18.5 Å². The number of anilines is 1. The molecular formula is C10H15N3O4S. The number of sulfonamides is 1. The van der Waals surface area contributed by atoms with E-state index < -0.39 is 14.9 Å². The third-order valence-electron chi connectivity index (χ3n) is 2.30. The van der Waals surface area contributed by atoms with Gasteiger partial charge in [-0.3, -0.25) is 14.8 Å². The highest BCUT2D eigenvalue weighted by Gasteiger charge is 2.14. The van der Waals surface area contributed by atoms with Crippen LogP contribution in [0.2, 0.25) is 0 Å². The molecule has 0 bridgehead atoms. The predicted molar refractivity (Wildman–Crippen MR) is 69.2 cm³/mol. The number of aryl methyl sites for hydroxylation is 1. The molecule has 0 aromatic heterocycles. The van der Waals surface area contributed by atoms with E-state index in [-0.39, 0.29) is 17.1 Å². The van der Waals surface area contributed by atoms with Crippen LogP contribution in [-0.4, -0.2) is 32.7 Å². The summed E-state index contributed by atoms with van der Waals surface area (Å²) in [6.45, 7) is 1.90. The minimum Gasteiger partial charge on any atom is -0.319 e. The van der Waals surface area contributed by atoms with Crippen molar-refractivity contribution in [1.82, 2.24) is 5.32 Å². The first-order chi connectivity index (χ1) is 8.35. The molecule has 0 heterocycles. The van der Waals surface area contributed by atoms with Crippen LogP contribution in [0.4, 0.5) is 11.4 Å². The summed E-state index contributed by atoms with van der Waals surface area (Å²) < 4.78 is 25.5. The Balaban J connectivity index is 2.92. The number of nitro groups is 1. The van der Waals surface area contributed by atoms with Crippen LogP contribution < -0.4 is 10.0 Å². The molecule has 0 aliphatic heterocycles. The molecule has 0 radical (unpaired) electrons. The second-order valence-corrected chi connectivity index (χ2v) is 5.62. The van der Waals surface area contributed by atoms with Gasteiger partial charge in [0.25, 0.3) is 5.69 Å². The molecule has 0 saturated heterocycles. The summed E-state index contributed by atoms with van der Waals surface area (Å²) in [7, 11) is -1.84. The van der Waals surface area contributed by atoms with Crippen molar-refractivity contribution in [1.29, 1.82) is 0 Å². The van der Waals surface area contributed by atoms with Gasteiger partial charge in [-0.05, 0) is 20.0 Å². The Labute approximate surface area is 105 Å². The monoisotopic (exact) mass is 273 g/mol. The summed E-state index contributed by atoms with van der Waals surface area (Å²) in [5.41, 5.74) is 0.574. The molecule has 100 valence electrons. The highest BCUT2D eigenvalue weighted by Crippen LogP contribution is 2.22. The summed E-state index contributed by atoms with van der Waals surface area (Å²) >= 11 is 0. The number of rotatable bonds is 6. The maximum Gasteiger partial charge on any atom is 0.274 e. The average molecular weight is 273 g/mol. The van der Waals surface area contributed by atoms with Gasteiger partial charge in [-0.25, -0.2) is 8.42 Å². The number of nitro benzene ring substituents is 1. The van der Waals surface area contributed by atoms with Gasteiger partial charge in [0.1, 0.15) is 0 Å². The Hall–Kier alpha value is -1.67. The maximum atomic E-state index is 11.6. The first-order valence-electron chi connectivity index (χ1n) is 5.26. The first-order valence-corrected chi connectivity index (χ1v) is 6.91. The van der Waals surface area contributed by atoms with E-state index in [1.54, 1.807) is 14.0 Å². The van der Waals surface area contributed by atoms with Crippen LogP contribution in [0, 0.1) is 17.0 Å². The molecule has 2 N–H and O–H groups in total. The second kappa shape index (κ2) is 5.78. The van der Waals surface area contributed by atoms with Gasteiger partial charge in [0.2, 0.25) is 10.0 Å². The van der Waals surface area contributed by atoms with Crippen molar-refractivity contribution in [3.05, 3.63) is 33.9 Å². The molecule has 0 atom stereocenters. The smallest absolute Gasteiger partial charge is 0.274 e. The summed E-state index contributed by atoms with van der Waals surface area (Å²) in [6.07, 6.45) is 0. The Morgan fingerprint density at radius 2 is 2.06 bits per heavy atom. The number of hydrogen-bond acceptors (Lipinski definition) is 5. The molecule has 8 heteroatoms. The first kappa shape index (κ1) is 14.4. The third kappa shape index (κ3) is 3.97. The van der Waals surface area contributed by atoms with Gasteiger partial charge >= 0.3 is 0 Å². The summed E-state index contributed by atoms with van der Waals surface area (Å²) in [5, 5.41) is 13.5. The normalized spacial score (nSPS) is 11.2. The summed E-state index contributed by atoms with van der Waals surface area (Å²) in [4.78, 5) is 10.2. The lowest BCUT2D eigenvalue weighted by molar-refractivity contribution is -0.385. The van der Waals surface area contributed by atoms with E-state index in [1.165, 1.54) is 18.2 Å². The van der Waals surface area contributed by atoms with E-state index in [1.807, 2.05) is 0 Å². The van der Waals surface area contributed by atoms with Gasteiger partial charge in [0.05, 0.1) is 16.4 Å². The number of nitrogens with zero attached hydrogens (tertiary/aromatic N) is 1. The second-order valence-electron chi connectivity index (χ2n) is 3.78. The van der Waals surface area contributed by atoms with E-state index >= 15 is 0 Å². The summed E-state index contributed by atoms with van der Waals surface area (Å²) in [5.74, 6) is -0.0921. The molecule has 1 rings (SSSR count). The molecule has 0 amide bonds. The Morgan fingerprint density at radius 3 is 2.61 bits per heavy atom. The van der Waals surface area contributed by atoms with Crippen LogP contribution in [-0.2, 0) is 10.0 Å². The lowest BCUT2D eigenvalue weighted by atomic mass is 10.2. The highest BCUT2D eigenvalue weighted by atomic mass is 32.2. The van der Waals surface area contributed by atoms with Crippen LogP contribution in [0.15, 0.2) is 18.2 Å². The molecule has 0 spiro atoms. The van der Waals surface area contributed by atoms with Gasteiger partial charge in [0.15, 0.2) is 0 Å². The Morgan fingerprint density at radius 1 is 1.39 bits per heavy atom. The van der Waals surface area contributed by atoms with Gasteiger partial charge in [-0.1, -0.05) is 6.07 Å². The van der Waals surface area contributed by atoms with Gasteiger partial charge in [0, 0.05) is 18.2 Å². The maximum absolute atomic E-state index is 11.6. The zero-order valence-corrected chi connectivity index (χ0v) is 11.0. The highest BCUT2D eigenvalue weighted by molar-refractivity contribution is 7.92. The van der Waals surface area contributed by atoms with Crippen molar-refractivity contribution in [3.63, 3.8) is 0 Å². The fourth-order valence-corrected chi connectivity index (χ4v) is 2.40. The van der Waals surface area contributed by atoms with Crippen molar-refractivity contribution in [2.24, 2.45) is 0 Å². The van der Waals surface area contributed by atoms with E-state index in [0.717, 1.165) is 0 Å². The quantitative estimate of drug-likeness (QED) is 0.591. The molecule has 7 nitrogen and oxygen atoms in total. The Kier molecular flexibility index (Phi) is 4.62. The summed E-state index contributed by atoms with van der Waals surface area (Å²) in [6, 6.07) is 4.22. The SMILES string of the molecule is CNCCS(=O)(=O)Nc1ccc(C)c([N+](=O)[O-])c1. The van der Waals surface area contributed by atoms with Crippen molar-refractivity contribution in [3.8, 4) is 0 Å². The van der Waals surface area contributed by atoms with Crippen LogP contribution in [0.5, 0.6) is 0 Å². The number of benzene rings is 1. The minimum absolute atomic E-state index is 0.0921. The fourth-order valence-electron chi connectivity index (χ4n) is 1.34. The zero-order chi connectivity index (χ0) is 13.8. The largest absolute Gasteiger partial charge is 0.319 e. The topological polar surface area (TPSA) is 101 Å². The Bertz CT molecular complexity index is 542. The average Bonchev–Trinajstić information content (AvgIpc) is 2.28. The third-order valence-corrected chi connectivity index (χ3v) is 3.59. The van der Waals surface area contributed by atoms with Crippen molar-refractivity contribution < 1.29 is 13.3 Å². The fraction of sp³-hybridized carbons (Fsp3) is 0.400. The molecule has 0 saturated carbocycles. The standard InChI is InChI=1S/C10H15N3O4S/c1-8-3-4-9(7-10(8)13(14)15)12-18(16,17)6-5-11-2/h3-4,7,11-12H,5-6H2,1-2H3. The molecule has 0 aliphatic rings. The minimum atomic E-state index is -3.49. The lowest BCUT2D eigenvalue weighted by Crippen LogP contribution is -2.24. The van der Waals surface area contributed by atoms with Crippen LogP contribution in [0.1, 0.15) is 5.56 Å².